The number of amides is 1. The number of thiophene rings is 1. The van der Waals surface area contributed by atoms with E-state index in [1.165, 1.54) is 31.2 Å². The second-order valence-corrected chi connectivity index (χ2v) is 7.87. The van der Waals surface area contributed by atoms with Crippen molar-refractivity contribution >= 4 is 39.1 Å². The van der Waals surface area contributed by atoms with Crippen molar-refractivity contribution in [2.45, 2.75) is 39.3 Å². The SMILES string of the molecule is Cc1c(C(=O)O[C@@H](C)C(=O)Nc2cccc(F)c2)sc2nc3n(c(=O)c12)CCC3. The number of ether oxygens (including phenoxy) is 1. The summed E-state index contributed by atoms with van der Waals surface area (Å²) in [5.41, 5.74) is 0.627. The normalized spacial score (nSPS) is 13.9. The summed E-state index contributed by atoms with van der Waals surface area (Å²) in [6.07, 6.45) is 0.513. The number of esters is 1. The number of aromatic nitrogens is 2. The average molecular weight is 415 g/mol. The van der Waals surface area contributed by atoms with Gasteiger partial charge in [-0.1, -0.05) is 6.07 Å². The Labute approximate surface area is 169 Å². The van der Waals surface area contributed by atoms with E-state index in [-0.39, 0.29) is 16.1 Å². The number of hydrogen-bond acceptors (Lipinski definition) is 6. The molecule has 3 heterocycles. The summed E-state index contributed by atoms with van der Waals surface area (Å²) in [5.74, 6) is -1.04. The van der Waals surface area contributed by atoms with E-state index < -0.39 is 23.8 Å². The lowest BCUT2D eigenvalue weighted by molar-refractivity contribution is -0.123. The molecule has 7 nitrogen and oxygen atoms in total. The fraction of sp³-hybridized carbons (Fsp3) is 0.300. The van der Waals surface area contributed by atoms with Gasteiger partial charge in [-0.2, -0.15) is 0 Å². The van der Waals surface area contributed by atoms with Crippen LogP contribution in [0, 0.1) is 12.7 Å². The Bertz CT molecular complexity index is 1200. The number of aryl methyl sites for hydroxylation is 2. The molecule has 0 unspecified atom stereocenters. The maximum atomic E-state index is 13.2. The van der Waals surface area contributed by atoms with Gasteiger partial charge in [-0.25, -0.2) is 14.2 Å². The number of halogens is 1. The number of nitrogens with one attached hydrogen (secondary N) is 1. The predicted molar refractivity (Wildman–Crippen MR) is 107 cm³/mol. The van der Waals surface area contributed by atoms with Crippen molar-refractivity contribution in [1.82, 2.24) is 9.55 Å². The van der Waals surface area contributed by atoms with Gasteiger partial charge in [-0.05, 0) is 44.0 Å². The first kappa shape index (κ1) is 19.3. The van der Waals surface area contributed by atoms with Crippen molar-refractivity contribution in [2.75, 3.05) is 5.32 Å². The lowest BCUT2D eigenvalue weighted by atomic mass is 10.2. The third-order valence-electron chi connectivity index (χ3n) is 4.84. The largest absolute Gasteiger partial charge is 0.448 e. The number of benzene rings is 1. The molecule has 3 aromatic rings. The molecule has 1 aliphatic rings. The van der Waals surface area contributed by atoms with Crippen molar-refractivity contribution in [1.29, 1.82) is 0 Å². The van der Waals surface area contributed by atoms with E-state index in [1.807, 2.05) is 0 Å². The molecule has 0 fully saturated rings. The number of carbonyl (C=O) groups excluding carboxylic acids is 2. The van der Waals surface area contributed by atoms with Gasteiger partial charge in [0, 0.05) is 18.7 Å². The number of anilines is 1. The molecule has 1 N–H and O–H groups in total. The highest BCUT2D eigenvalue weighted by Gasteiger charge is 2.26. The Morgan fingerprint density at radius 3 is 2.93 bits per heavy atom. The molecule has 0 spiro atoms. The Morgan fingerprint density at radius 1 is 1.38 bits per heavy atom. The Balaban J connectivity index is 1.54. The zero-order chi connectivity index (χ0) is 20.7. The Morgan fingerprint density at radius 2 is 2.17 bits per heavy atom. The molecule has 0 aliphatic carbocycles. The van der Waals surface area contributed by atoms with Gasteiger partial charge in [0.15, 0.2) is 6.10 Å². The van der Waals surface area contributed by atoms with E-state index >= 15 is 0 Å². The summed E-state index contributed by atoms with van der Waals surface area (Å²) < 4.78 is 20.2. The van der Waals surface area contributed by atoms with E-state index in [0.29, 0.717) is 22.3 Å². The minimum absolute atomic E-state index is 0.146. The van der Waals surface area contributed by atoms with Gasteiger partial charge in [0.2, 0.25) is 0 Å². The molecule has 29 heavy (non-hydrogen) atoms. The molecular formula is C20H18FN3O4S. The molecule has 0 saturated heterocycles. The summed E-state index contributed by atoms with van der Waals surface area (Å²) >= 11 is 1.09. The molecule has 1 amide bonds. The molecule has 9 heteroatoms. The summed E-state index contributed by atoms with van der Waals surface area (Å²) in [6, 6.07) is 5.42. The van der Waals surface area contributed by atoms with Crippen LogP contribution in [-0.4, -0.2) is 27.5 Å². The standard InChI is InChI=1S/C20H18FN3O4S/c1-10-15-18(23-14-7-4-8-24(14)19(15)26)29-16(10)20(27)28-11(2)17(25)22-13-6-3-5-12(21)9-13/h3,5-6,9,11H,4,7-8H2,1-2H3,(H,22,25)/t11-/m0/s1. The Hall–Kier alpha value is -3.07. The van der Waals surface area contributed by atoms with Crippen molar-refractivity contribution < 1.29 is 18.7 Å². The van der Waals surface area contributed by atoms with E-state index in [0.717, 1.165) is 30.0 Å². The second kappa shape index (κ2) is 7.40. The first-order valence-corrected chi connectivity index (χ1v) is 9.97. The van der Waals surface area contributed by atoms with Crippen LogP contribution in [0.2, 0.25) is 0 Å². The predicted octanol–water partition coefficient (Wildman–Crippen LogP) is 3.04. The van der Waals surface area contributed by atoms with Gasteiger partial charge in [0.25, 0.3) is 11.5 Å². The number of carbonyl (C=O) groups is 2. The molecule has 1 aromatic carbocycles. The van der Waals surface area contributed by atoms with Crippen LogP contribution in [0.25, 0.3) is 10.2 Å². The van der Waals surface area contributed by atoms with Crippen LogP contribution >= 0.6 is 11.3 Å². The van der Waals surface area contributed by atoms with Crippen molar-refractivity contribution in [3.63, 3.8) is 0 Å². The smallest absolute Gasteiger partial charge is 0.349 e. The van der Waals surface area contributed by atoms with Crippen LogP contribution in [0.3, 0.4) is 0 Å². The van der Waals surface area contributed by atoms with Crippen LogP contribution in [0.1, 0.15) is 34.4 Å². The number of nitrogens with zero attached hydrogens (tertiary/aromatic N) is 2. The average Bonchev–Trinajstić information content (AvgIpc) is 3.27. The zero-order valence-electron chi connectivity index (χ0n) is 15.8. The lowest BCUT2D eigenvalue weighted by Crippen LogP contribution is -2.30. The summed E-state index contributed by atoms with van der Waals surface area (Å²) in [6.45, 7) is 3.73. The lowest BCUT2D eigenvalue weighted by Gasteiger charge is -2.13. The molecule has 1 aliphatic heterocycles. The van der Waals surface area contributed by atoms with Crippen LogP contribution < -0.4 is 10.9 Å². The van der Waals surface area contributed by atoms with Gasteiger partial charge in [0.05, 0.1) is 5.39 Å². The summed E-state index contributed by atoms with van der Waals surface area (Å²) in [4.78, 5) is 42.9. The zero-order valence-corrected chi connectivity index (χ0v) is 16.6. The van der Waals surface area contributed by atoms with E-state index in [9.17, 15) is 18.8 Å². The van der Waals surface area contributed by atoms with Crippen molar-refractivity contribution in [2.24, 2.45) is 0 Å². The molecule has 0 saturated carbocycles. The van der Waals surface area contributed by atoms with E-state index in [2.05, 4.69) is 10.3 Å². The van der Waals surface area contributed by atoms with Gasteiger partial charge in [-0.15, -0.1) is 11.3 Å². The molecule has 4 rings (SSSR count). The van der Waals surface area contributed by atoms with Crippen LogP contribution in [0.4, 0.5) is 10.1 Å². The maximum absolute atomic E-state index is 13.2. The van der Waals surface area contributed by atoms with Gasteiger partial charge < -0.3 is 10.1 Å². The first-order valence-electron chi connectivity index (χ1n) is 9.15. The third kappa shape index (κ3) is 3.53. The minimum Gasteiger partial charge on any atom is -0.448 e. The molecule has 0 bridgehead atoms. The third-order valence-corrected chi connectivity index (χ3v) is 6.01. The quantitative estimate of drug-likeness (QED) is 0.662. The minimum atomic E-state index is -1.10. The molecule has 150 valence electrons. The number of rotatable bonds is 4. The Kier molecular flexibility index (Phi) is 4.91. The molecular weight excluding hydrogens is 397 g/mol. The highest BCUT2D eigenvalue weighted by molar-refractivity contribution is 7.20. The molecule has 2 aromatic heterocycles. The fourth-order valence-corrected chi connectivity index (χ4v) is 4.42. The van der Waals surface area contributed by atoms with E-state index in [1.54, 1.807) is 11.5 Å². The topological polar surface area (TPSA) is 90.3 Å². The second-order valence-electron chi connectivity index (χ2n) is 6.87. The summed E-state index contributed by atoms with van der Waals surface area (Å²) in [5, 5.41) is 2.92. The van der Waals surface area contributed by atoms with Crippen LogP contribution in [0.5, 0.6) is 0 Å². The number of fused-ring (bicyclic) bond motifs is 2. The van der Waals surface area contributed by atoms with Crippen molar-refractivity contribution in [3.05, 3.63) is 56.7 Å². The van der Waals surface area contributed by atoms with Gasteiger partial charge in [-0.3, -0.25) is 14.2 Å². The maximum Gasteiger partial charge on any atom is 0.349 e. The van der Waals surface area contributed by atoms with Crippen LogP contribution in [-0.2, 0) is 22.5 Å². The van der Waals surface area contributed by atoms with Crippen molar-refractivity contribution in [3.8, 4) is 0 Å². The first-order chi connectivity index (χ1) is 13.8. The van der Waals surface area contributed by atoms with Crippen LogP contribution in [0.15, 0.2) is 29.1 Å². The van der Waals surface area contributed by atoms with Gasteiger partial charge in [0.1, 0.15) is 21.3 Å². The fourth-order valence-electron chi connectivity index (χ4n) is 3.35. The highest BCUT2D eigenvalue weighted by atomic mass is 32.1. The highest BCUT2D eigenvalue weighted by Crippen LogP contribution is 2.29. The van der Waals surface area contributed by atoms with Gasteiger partial charge >= 0.3 is 5.97 Å². The monoisotopic (exact) mass is 415 g/mol. The summed E-state index contributed by atoms with van der Waals surface area (Å²) in [7, 11) is 0. The van der Waals surface area contributed by atoms with E-state index in [4.69, 9.17) is 4.74 Å². The molecule has 0 radical (unpaired) electrons. The molecule has 1 atom stereocenters. The number of hydrogen-bond donors (Lipinski definition) is 1.